The molecule has 1 aromatic heterocycles. The van der Waals surface area contributed by atoms with Gasteiger partial charge in [0.1, 0.15) is 11.6 Å². The van der Waals surface area contributed by atoms with Crippen LogP contribution in [0.5, 0.6) is 5.75 Å². The number of hydrogen-bond donors (Lipinski definition) is 3. The Balaban J connectivity index is 1.23. The van der Waals surface area contributed by atoms with Gasteiger partial charge in [-0.1, -0.05) is 11.6 Å². The Morgan fingerprint density at radius 3 is 2.52 bits per heavy atom. The monoisotopic (exact) mass is 419 g/mol. The minimum absolute atomic E-state index is 0.0110. The van der Waals surface area contributed by atoms with E-state index in [0.717, 1.165) is 6.07 Å². The standard InChI is InChI=1S/C20H19ClFN3O4/c21-15-4-3-14(5-16(15)22)29-8-17(27)24-19-9-20(10-19,11-19)25-18(28)12-1-2-13(7-26)23-6-12/h1-6,26H,7-11H2,(H,24,27)(H,25,28). The molecule has 3 aliphatic carbocycles. The average molecular weight is 420 g/mol. The third kappa shape index (κ3) is 3.90. The predicted molar refractivity (Wildman–Crippen MR) is 102 cm³/mol. The number of aliphatic hydroxyl groups is 1. The van der Waals surface area contributed by atoms with Crippen LogP contribution >= 0.6 is 11.6 Å². The maximum Gasteiger partial charge on any atom is 0.258 e. The molecule has 0 aliphatic heterocycles. The lowest BCUT2D eigenvalue weighted by Crippen LogP contribution is -2.84. The van der Waals surface area contributed by atoms with Gasteiger partial charge in [-0.2, -0.15) is 0 Å². The number of rotatable bonds is 7. The minimum atomic E-state index is -0.608. The van der Waals surface area contributed by atoms with Gasteiger partial charge in [0.15, 0.2) is 6.61 Å². The number of aliphatic hydroxyl groups excluding tert-OH is 1. The molecular formula is C20H19ClFN3O4. The largest absolute Gasteiger partial charge is 0.484 e. The van der Waals surface area contributed by atoms with E-state index in [1.54, 1.807) is 12.1 Å². The van der Waals surface area contributed by atoms with E-state index >= 15 is 0 Å². The SMILES string of the molecule is O=C(COc1ccc(Cl)c(F)c1)NC12CC(NC(=O)c3ccc(CO)nc3)(C1)C2. The fraction of sp³-hybridized carbons (Fsp3) is 0.350. The number of pyridine rings is 1. The number of nitrogens with zero attached hydrogens (tertiary/aromatic N) is 1. The second-order valence-electron chi connectivity index (χ2n) is 7.65. The molecule has 3 saturated carbocycles. The first-order valence-corrected chi connectivity index (χ1v) is 9.47. The second kappa shape index (κ2) is 7.27. The molecule has 0 radical (unpaired) electrons. The molecule has 3 fully saturated rings. The summed E-state index contributed by atoms with van der Waals surface area (Å²) in [7, 11) is 0. The van der Waals surface area contributed by atoms with Crippen LogP contribution in [0.1, 0.15) is 35.3 Å². The van der Waals surface area contributed by atoms with Crippen molar-refractivity contribution in [3.63, 3.8) is 0 Å². The number of carbonyl (C=O) groups is 2. The number of aromatic nitrogens is 1. The molecule has 1 aromatic carbocycles. The molecule has 3 aliphatic rings. The van der Waals surface area contributed by atoms with E-state index in [-0.39, 0.29) is 46.9 Å². The van der Waals surface area contributed by atoms with Gasteiger partial charge in [0, 0.05) is 23.3 Å². The number of benzene rings is 1. The molecule has 0 atom stereocenters. The van der Waals surface area contributed by atoms with Crippen LogP contribution in [-0.2, 0) is 11.4 Å². The summed E-state index contributed by atoms with van der Waals surface area (Å²) in [6.07, 6.45) is 3.38. The normalized spacial score (nSPS) is 24.1. The highest BCUT2D eigenvalue weighted by molar-refractivity contribution is 6.30. The number of amides is 2. The van der Waals surface area contributed by atoms with Crippen LogP contribution in [0.15, 0.2) is 36.5 Å². The van der Waals surface area contributed by atoms with Crippen molar-refractivity contribution in [1.82, 2.24) is 15.6 Å². The fourth-order valence-electron chi connectivity index (χ4n) is 4.07. The molecule has 0 spiro atoms. The van der Waals surface area contributed by atoms with Gasteiger partial charge >= 0.3 is 0 Å². The van der Waals surface area contributed by atoms with Gasteiger partial charge in [-0.3, -0.25) is 14.6 Å². The molecule has 2 aromatic rings. The number of ether oxygens (including phenoxy) is 1. The third-order valence-electron chi connectivity index (χ3n) is 5.32. The molecular weight excluding hydrogens is 401 g/mol. The number of nitrogens with one attached hydrogen (secondary N) is 2. The predicted octanol–water partition coefficient (Wildman–Crippen LogP) is 1.97. The Bertz CT molecular complexity index is 947. The van der Waals surface area contributed by atoms with Crippen molar-refractivity contribution in [3.05, 3.63) is 58.6 Å². The van der Waals surface area contributed by atoms with Crippen LogP contribution in [0.25, 0.3) is 0 Å². The first-order chi connectivity index (χ1) is 13.8. The van der Waals surface area contributed by atoms with Crippen LogP contribution in [0, 0.1) is 5.82 Å². The van der Waals surface area contributed by atoms with Gasteiger partial charge in [0.05, 0.1) is 22.9 Å². The zero-order chi connectivity index (χ0) is 20.6. The Morgan fingerprint density at radius 2 is 1.90 bits per heavy atom. The Kier molecular flexibility index (Phi) is 4.92. The Hall–Kier alpha value is -2.71. The zero-order valence-electron chi connectivity index (χ0n) is 15.4. The summed E-state index contributed by atoms with van der Waals surface area (Å²) in [4.78, 5) is 28.5. The van der Waals surface area contributed by atoms with Gasteiger partial charge in [-0.15, -0.1) is 0 Å². The second-order valence-corrected chi connectivity index (χ2v) is 8.06. The summed E-state index contributed by atoms with van der Waals surface area (Å²) >= 11 is 5.61. The zero-order valence-corrected chi connectivity index (χ0v) is 16.1. The molecule has 7 nitrogen and oxygen atoms in total. The number of halogens is 2. The quantitative estimate of drug-likeness (QED) is 0.637. The summed E-state index contributed by atoms with van der Waals surface area (Å²) in [5.74, 6) is -0.912. The number of hydrogen-bond acceptors (Lipinski definition) is 5. The minimum Gasteiger partial charge on any atom is -0.484 e. The van der Waals surface area contributed by atoms with Crippen LogP contribution in [0.2, 0.25) is 5.02 Å². The van der Waals surface area contributed by atoms with Crippen LogP contribution in [-0.4, -0.2) is 39.6 Å². The molecule has 29 heavy (non-hydrogen) atoms. The highest BCUT2D eigenvalue weighted by Crippen LogP contribution is 2.60. The molecule has 2 amide bonds. The Morgan fingerprint density at radius 1 is 1.17 bits per heavy atom. The summed E-state index contributed by atoms with van der Waals surface area (Å²) in [6.45, 7) is -0.407. The topological polar surface area (TPSA) is 101 Å². The van der Waals surface area contributed by atoms with Crippen LogP contribution < -0.4 is 15.4 Å². The molecule has 0 unspecified atom stereocenters. The van der Waals surface area contributed by atoms with Crippen LogP contribution in [0.3, 0.4) is 0 Å². The molecule has 9 heteroatoms. The maximum atomic E-state index is 13.4. The van der Waals surface area contributed by atoms with Crippen LogP contribution in [0.4, 0.5) is 4.39 Å². The summed E-state index contributed by atoms with van der Waals surface area (Å²) in [5, 5.41) is 14.9. The van der Waals surface area contributed by atoms with E-state index in [1.807, 2.05) is 0 Å². The lowest BCUT2D eigenvalue weighted by atomic mass is 9.44. The number of carbonyl (C=O) groups excluding carboxylic acids is 2. The van der Waals surface area contributed by atoms with Crippen molar-refractivity contribution >= 4 is 23.4 Å². The van der Waals surface area contributed by atoms with E-state index in [2.05, 4.69) is 15.6 Å². The molecule has 2 bridgehead atoms. The smallest absolute Gasteiger partial charge is 0.258 e. The first-order valence-electron chi connectivity index (χ1n) is 9.09. The molecule has 0 saturated heterocycles. The van der Waals surface area contributed by atoms with Crippen molar-refractivity contribution in [2.45, 2.75) is 36.9 Å². The van der Waals surface area contributed by atoms with E-state index in [0.29, 0.717) is 30.5 Å². The van der Waals surface area contributed by atoms with Crippen molar-refractivity contribution in [3.8, 4) is 5.75 Å². The first kappa shape index (κ1) is 19.6. The van der Waals surface area contributed by atoms with Gasteiger partial charge in [0.2, 0.25) is 0 Å². The fourth-order valence-corrected chi connectivity index (χ4v) is 4.18. The summed E-state index contributed by atoms with van der Waals surface area (Å²) in [5.41, 5.74) is 0.295. The van der Waals surface area contributed by atoms with Crippen molar-refractivity contribution in [2.75, 3.05) is 6.61 Å². The van der Waals surface area contributed by atoms with Gasteiger partial charge in [0.25, 0.3) is 11.8 Å². The third-order valence-corrected chi connectivity index (χ3v) is 5.63. The maximum absolute atomic E-state index is 13.4. The average Bonchev–Trinajstić information content (AvgIpc) is 2.66. The van der Waals surface area contributed by atoms with Gasteiger partial charge in [-0.05, 0) is 43.5 Å². The van der Waals surface area contributed by atoms with Crippen molar-refractivity contribution in [1.29, 1.82) is 0 Å². The lowest BCUT2D eigenvalue weighted by Gasteiger charge is -2.70. The molecule has 152 valence electrons. The van der Waals surface area contributed by atoms with Crippen molar-refractivity contribution in [2.24, 2.45) is 0 Å². The van der Waals surface area contributed by atoms with Gasteiger partial charge < -0.3 is 20.5 Å². The molecule has 3 N–H and O–H groups in total. The highest BCUT2D eigenvalue weighted by Gasteiger charge is 2.69. The van der Waals surface area contributed by atoms with E-state index in [9.17, 15) is 14.0 Å². The van der Waals surface area contributed by atoms with Crippen molar-refractivity contribution < 1.29 is 23.8 Å². The summed E-state index contributed by atoms with van der Waals surface area (Å²) in [6, 6.07) is 7.21. The summed E-state index contributed by atoms with van der Waals surface area (Å²) < 4.78 is 18.7. The molecule has 5 rings (SSSR count). The lowest BCUT2D eigenvalue weighted by molar-refractivity contribution is -0.141. The van der Waals surface area contributed by atoms with Gasteiger partial charge in [-0.25, -0.2) is 4.39 Å². The van der Waals surface area contributed by atoms with E-state index in [1.165, 1.54) is 18.3 Å². The van der Waals surface area contributed by atoms with E-state index in [4.69, 9.17) is 21.4 Å². The Labute approximate surface area is 171 Å². The van der Waals surface area contributed by atoms with E-state index < -0.39 is 5.82 Å². The highest BCUT2D eigenvalue weighted by atomic mass is 35.5. The molecule has 1 heterocycles.